The number of halogens is 1. The van der Waals surface area contributed by atoms with E-state index in [1.54, 1.807) is 12.1 Å². The number of hydrogen-bond acceptors (Lipinski definition) is 7. The third-order valence-electron chi connectivity index (χ3n) is 4.09. The predicted octanol–water partition coefficient (Wildman–Crippen LogP) is 2.94. The zero-order valence-corrected chi connectivity index (χ0v) is 17.4. The first-order valence-electron chi connectivity index (χ1n) is 8.31. The first-order chi connectivity index (χ1) is 13.9. The Morgan fingerprint density at radius 2 is 1.97 bits per heavy atom. The van der Waals surface area contributed by atoms with E-state index in [9.17, 15) is 14.4 Å². The second-order valence-electron chi connectivity index (χ2n) is 5.88. The topological polar surface area (TPSA) is 107 Å². The molecule has 10 heteroatoms. The van der Waals surface area contributed by atoms with Crippen molar-refractivity contribution in [2.24, 2.45) is 0 Å². The van der Waals surface area contributed by atoms with Gasteiger partial charge in [0.25, 0.3) is 5.91 Å². The molecule has 0 saturated carbocycles. The van der Waals surface area contributed by atoms with Gasteiger partial charge in [0.15, 0.2) is 11.5 Å². The standard InChI is InChI=1S/C19H17BrN2O7/c1-26-15-8-10(6-12(20)16(15)27-2)7-13-17(23)22(19(25)21-13)9-11-4-5-14(29-11)18(24)28-3/h4-8H,9H2,1-3H3,(H,21,25)/b13-7-. The molecule has 0 atom stereocenters. The van der Waals surface area contributed by atoms with Crippen molar-refractivity contribution in [2.75, 3.05) is 21.3 Å². The second-order valence-corrected chi connectivity index (χ2v) is 6.73. The third-order valence-corrected chi connectivity index (χ3v) is 4.68. The molecule has 3 amide bonds. The minimum atomic E-state index is -0.645. The van der Waals surface area contributed by atoms with Gasteiger partial charge in [0.1, 0.15) is 11.5 Å². The summed E-state index contributed by atoms with van der Waals surface area (Å²) in [7, 11) is 4.24. The van der Waals surface area contributed by atoms with Crippen molar-refractivity contribution in [1.82, 2.24) is 10.2 Å². The van der Waals surface area contributed by atoms with Crippen LogP contribution in [-0.4, -0.2) is 44.1 Å². The first kappa shape index (κ1) is 20.5. The number of ether oxygens (including phenoxy) is 3. The molecule has 0 spiro atoms. The minimum absolute atomic E-state index is 0.0134. The lowest BCUT2D eigenvalue weighted by atomic mass is 10.1. The average molecular weight is 465 g/mol. The Bertz CT molecular complexity index is 1010. The molecule has 1 aliphatic rings. The van der Waals surface area contributed by atoms with E-state index in [1.165, 1.54) is 39.5 Å². The van der Waals surface area contributed by atoms with Crippen LogP contribution in [0, 0.1) is 0 Å². The van der Waals surface area contributed by atoms with E-state index in [0.29, 0.717) is 21.5 Å². The molecule has 1 fully saturated rings. The number of amides is 3. The Kier molecular flexibility index (Phi) is 5.92. The highest BCUT2D eigenvalue weighted by molar-refractivity contribution is 9.10. The van der Waals surface area contributed by atoms with Gasteiger partial charge in [-0.2, -0.15) is 0 Å². The van der Waals surface area contributed by atoms with E-state index >= 15 is 0 Å². The summed E-state index contributed by atoms with van der Waals surface area (Å²) in [5.41, 5.74) is 0.708. The molecule has 29 heavy (non-hydrogen) atoms. The molecule has 1 N–H and O–H groups in total. The maximum Gasteiger partial charge on any atom is 0.373 e. The molecule has 9 nitrogen and oxygen atoms in total. The van der Waals surface area contributed by atoms with Crippen LogP contribution in [0.5, 0.6) is 11.5 Å². The minimum Gasteiger partial charge on any atom is -0.493 e. The number of benzene rings is 1. The van der Waals surface area contributed by atoms with Crippen LogP contribution >= 0.6 is 15.9 Å². The molecule has 152 valence electrons. The van der Waals surface area contributed by atoms with E-state index in [2.05, 4.69) is 26.0 Å². The fraction of sp³-hybridized carbons (Fsp3) is 0.211. The normalized spacial score (nSPS) is 14.9. The van der Waals surface area contributed by atoms with Gasteiger partial charge in [-0.1, -0.05) is 0 Å². The van der Waals surface area contributed by atoms with E-state index in [0.717, 1.165) is 4.90 Å². The van der Waals surface area contributed by atoms with Crippen molar-refractivity contribution in [2.45, 2.75) is 6.54 Å². The molecule has 3 rings (SSSR count). The Morgan fingerprint density at radius 1 is 1.21 bits per heavy atom. The molecule has 1 aromatic carbocycles. The van der Waals surface area contributed by atoms with Gasteiger partial charge >= 0.3 is 12.0 Å². The Balaban J connectivity index is 1.82. The molecule has 1 aromatic heterocycles. The van der Waals surface area contributed by atoms with Crippen LogP contribution in [0.4, 0.5) is 4.79 Å². The lowest BCUT2D eigenvalue weighted by molar-refractivity contribution is -0.123. The van der Waals surface area contributed by atoms with E-state index in [1.807, 2.05) is 0 Å². The lowest BCUT2D eigenvalue weighted by Crippen LogP contribution is -2.30. The molecule has 2 heterocycles. The van der Waals surface area contributed by atoms with Crippen LogP contribution in [0.1, 0.15) is 21.9 Å². The summed E-state index contributed by atoms with van der Waals surface area (Å²) in [6.07, 6.45) is 1.52. The number of carbonyl (C=O) groups is 3. The molecule has 1 aliphatic heterocycles. The SMILES string of the molecule is COC(=O)c1ccc(CN2C(=O)N/C(=C\c3cc(Br)c(OC)c(OC)c3)C2=O)o1. The molecular weight excluding hydrogens is 448 g/mol. The number of methoxy groups -OCH3 is 3. The van der Waals surface area contributed by atoms with Crippen molar-refractivity contribution in [1.29, 1.82) is 0 Å². The van der Waals surface area contributed by atoms with Gasteiger partial charge in [-0.15, -0.1) is 0 Å². The number of carbonyl (C=O) groups excluding carboxylic acids is 3. The summed E-state index contributed by atoms with van der Waals surface area (Å²) >= 11 is 3.38. The van der Waals surface area contributed by atoms with E-state index in [-0.39, 0.29) is 23.8 Å². The first-order valence-corrected chi connectivity index (χ1v) is 9.10. The number of imide groups is 1. The van der Waals surface area contributed by atoms with Gasteiger partial charge < -0.3 is 23.9 Å². The molecule has 0 bridgehead atoms. The maximum atomic E-state index is 12.7. The van der Waals surface area contributed by atoms with E-state index in [4.69, 9.17) is 13.9 Å². The number of hydrogen-bond donors (Lipinski definition) is 1. The summed E-state index contributed by atoms with van der Waals surface area (Å²) in [6, 6.07) is 5.72. The molecule has 0 aliphatic carbocycles. The fourth-order valence-corrected chi connectivity index (χ4v) is 3.35. The molecular formula is C19H17BrN2O7. The van der Waals surface area contributed by atoms with Crippen LogP contribution in [0.25, 0.3) is 6.08 Å². The van der Waals surface area contributed by atoms with Gasteiger partial charge in [-0.05, 0) is 51.8 Å². The van der Waals surface area contributed by atoms with Gasteiger partial charge in [-0.3, -0.25) is 9.69 Å². The van der Waals surface area contributed by atoms with Crippen molar-refractivity contribution < 1.29 is 33.0 Å². The summed E-state index contributed by atoms with van der Waals surface area (Å²) in [4.78, 5) is 37.3. The summed E-state index contributed by atoms with van der Waals surface area (Å²) in [5, 5.41) is 2.53. The zero-order valence-electron chi connectivity index (χ0n) is 15.8. The molecule has 2 aromatic rings. The predicted molar refractivity (Wildman–Crippen MR) is 104 cm³/mol. The fourth-order valence-electron chi connectivity index (χ4n) is 2.73. The Hall–Kier alpha value is -3.27. The largest absolute Gasteiger partial charge is 0.493 e. The smallest absolute Gasteiger partial charge is 0.373 e. The van der Waals surface area contributed by atoms with Crippen molar-refractivity contribution in [3.05, 3.63) is 51.5 Å². The highest BCUT2D eigenvalue weighted by Crippen LogP contribution is 2.37. The number of urea groups is 1. The number of nitrogens with zero attached hydrogens (tertiary/aromatic N) is 1. The molecule has 1 saturated heterocycles. The van der Waals surface area contributed by atoms with Crippen LogP contribution in [0.2, 0.25) is 0 Å². The summed E-state index contributed by atoms with van der Waals surface area (Å²) in [5.74, 6) is 0.0556. The van der Waals surface area contributed by atoms with Crippen LogP contribution in [0.15, 0.2) is 38.9 Å². The number of rotatable bonds is 6. The van der Waals surface area contributed by atoms with E-state index < -0.39 is 17.9 Å². The van der Waals surface area contributed by atoms with Crippen molar-refractivity contribution in [3.8, 4) is 11.5 Å². The molecule has 0 radical (unpaired) electrons. The van der Waals surface area contributed by atoms with Crippen LogP contribution in [0.3, 0.4) is 0 Å². The summed E-state index contributed by atoms with van der Waals surface area (Å²) < 4.78 is 21.1. The highest BCUT2D eigenvalue weighted by Gasteiger charge is 2.34. The quantitative estimate of drug-likeness (QED) is 0.397. The van der Waals surface area contributed by atoms with Crippen LogP contribution < -0.4 is 14.8 Å². The average Bonchev–Trinajstić information content (AvgIpc) is 3.27. The highest BCUT2D eigenvalue weighted by atomic mass is 79.9. The van der Waals surface area contributed by atoms with Crippen molar-refractivity contribution >= 4 is 39.9 Å². The van der Waals surface area contributed by atoms with Gasteiger partial charge in [0.2, 0.25) is 5.76 Å². The monoisotopic (exact) mass is 464 g/mol. The summed E-state index contributed by atoms with van der Waals surface area (Å²) in [6.45, 7) is -0.130. The maximum absolute atomic E-state index is 12.7. The number of nitrogens with one attached hydrogen (secondary N) is 1. The van der Waals surface area contributed by atoms with Gasteiger partial charge in [0.05, 0.1) is 32.3 Å². The molecule has 0 unspecified atom stereocenters. The Morgan fingerprint density at radius 3 is 2.62 bits per heavy atom. The zero-order chi connectivity index (χ0) is 21.1. The lowest BCUT2D eigenvalue weighted by Gasteiger charge is -2.11. The number of esters is 1. The van der Waals surface area contributed by atoms with Crippen molar-refractivity contribution in [3.63, 3.8) is 0 Å². The second kappa shape index (κ2) is 8.39. The van der Waals surface area contributed by atoms with Gasteiger partial charge in [-0.25, -0.2) is 9.59 Å². The third kappa shape index (κ3) is 4.11. The van der Waals surface area contributed by atoms with Gasteiger partial charge in [0, 0.05) is 0 Å². The Labute approximate surface area is 174 Å². The number of furan rings is 1. The van der Waals surface area contributed by atoms with Crippen LogP contribution in [-0.2, 0) is 16.1 Å².